The molecule has 0 spiro atoms. The third-order valence-corrected chi connectivity index (χ3v) is 7.50. The van der Waals surface area contributed by atoms with Gasteiger partial charge < -0.3 is 20.3 Å². The molecular formula is C23H34N4O2. The van der Waals surface area contributed by atoms with Gasteiger partial charge in [0, 0.05) is 37.4 Å². The number of benzene rings is 1. The number of piperidine rings is 3. The summed E-state index contributed by atoms with van der Waals surface area (Å²) >= 11 is 0. The van der Waals surface area contributed by atoms with Gasteiger partial charge in [-0.2, -0.15) is 0 Å². The van der Waals surface area contributed by atoms with Crippen molar-refractivity contribution in [2.24, 2.45) is 11.8 Å². The van der Waals surface area contributed by atoms with Crippen molar-refractivity contribution in [2.45, 2.75) is 37.8 Å². The van der Waals surface area contributed by atoms with Crippen LogP contribution in [0.5, 0.6) is 0 Å². The van der Waals surface area contributed by atoms with Crippen LogP contribution in [-0.4, -0.2) is 75.4 Å². The molecule has 158 valence electrons. The molecule has 4 heterocycles. The molecule has 0 aromatic heterocycles. The highest BCUT2D eigenvalue weighted by Crippen LogP contribution is 2.38. The number of carbonyl (C=O) groups excluding carboxylic acids is 1. The summed E-state index contributed by atoms with van der Waals surface area (Å²) in [7, 11) is 0. The molecule has 0 aliphatic carbocycles. The molecule has 2 bridgehead atoms. The van der Waals surface area contributed by atoms with E-state index in [0.717, 1.165) is 56.6 Å². The Kier molecular flexibility index (Phi) is 5.75. The quantitative estimate of drug-likeness (QED) is 0.809. The molecule has 4 fully saturated rings. The fourth-order valence-corrected chi connectivity index (χ4v) is 6.09. The van der Waals surface area contributed by atoms with E-state index in [9.17, 15) is 4.79 Å². The second kappa shape index (κ2) is 8.62. The fraction of sp³-hybridized carbons (Fsp3) is 0.696. The van der Waals surface area contributed by atoms with Gasteiger partial charge in [-0.25, -0.2) is 0 Å². The van der Waals surface area contributed by atoms with Gasteiger partial charge in [-0.3, -0.25) is 9.69 Å². The van der Waals surface area contributed by atoms with Gasteiger partial charge in [0.05, 0.1) is 18.8 Å². The zero-order valence-electron chi connectivity index (χ0n) is 17.3. The molecule has 0 radical (unpaired) electrons. The second-order valence-electron chi connectivity index (χ2n) is 9.11. The lowest BCUT2D eigenvalue weighted by molar-refractivity contribution is -0.0371. The second-order valence-corrected chi connectivity index (χ2v) is 9.11. The summed E-state index contributed by atoms with van der Waals surface area (Å²) in [4.78, 5) is 18.2. The zero-order valence-corrected chi connectivity index (χ0v) is 17.3. The molecule has 2 N–H and O–H groups in total. The fourth-order valence-electron chi connectivity index (χ4n) is 6.09. The zero-order chi connectivity index (χ0) is 19.6. The SMILES string of the molecule is O=C(NC[C@H]1[C@@H]2CNC[C@@H](C2)[C@@H]2CCCCN21)c1ccccc1N1CCOCC1. The molecule has 4 atom stereocenters. The van der Waals surface area contributed by atoms with Gasteiger partial charge in [0.1, 0.15) is 0 Å². The molecule has 29 heavy (non-hydrogen) atoms. The van der Waals surface area contributed by atoms with Crippen LogP contribution in [0, 0.1) is 11.8 Å². The van der Waals surface area contributed by atoms with Gasteiger partial charge in [0.2, 0.25) is 0 Å². The van der Waals surface area contributed by atoms with Gasteiger partial charge in [-0.1, -0.05) is 18.6 Å². The number of nitrogens with zero attached hydrogens (tertiary/aromatic N) is 2. The Labute approximate surface area is 174 Å². The summed E-state index contributed by atoms with van der Waals surface area (Å²) in [5, 5.41) is 6.98. The van der Waals surface area contributed by atoms with Crippen LogP contribution in [0.2, 0.25) is 0 Å². The van der Waals surface area contributed by atoms with Gasteiger partial charge in [0.15, 0.2) is 0 Å². The van der Waals surface area contributed by atoms with Gasteiger partial charge in [0.25, 0.3) is 5.91 Å². The molecule has 1 aromatic rings. The predicted octanol–water partition coefficient (Wildman–Crippen LogP) is 1.72. The molecule has 4 saturated heterocycles. The van der Waals surface area contributed by atoms with E-state index in [0.29, 0.717) is 18.0 Å². The lowest BCUT2D eigenvalue weighted by atomic mass is 9.73. The minimum atomic E-state index is 0.0616. The Bertz CT molecular complexity index is 721. The maximum atomic E-state index is 13.2. The van der Waals surface area contributed by atoms with E-state index in [-0.39, 0.29) is 5.91 Å². The number of anilines is 1. The summed E-state index contributed by atoms with van der Waals surface area (Å²) in [6.07, 6.45) is 5.30. The van der Waals surface area contributed by atoms with Crippen molar-refractivity contribution >= 4 is 11.6 Å². The van der Waals surface area contributed by atoms with Crippen LogP contribution in [0.3, 0.4) is 0 Å². The summed E-state index contributed by atoms with van der Waals surface area (Å²) in [5.74, 6) is 1.51. The molecular weight excluding hydrogens is 364 g/mol. The monoisotopic (exact) mass is 398 g/mol. The van der Waals surface area contributed by atoms with E-state index in [4.69, 9.17) is 4.74 Å². The molecule has 5 rings (SSSR count). The van der Waals surface area contributed by atoms with Crippen LogP contribution in [0.1, 0.15) is 36.0 Å². The number of nitrogens with one attached hydrogen (secondary N) is 2. The number of carbonyl (C=O) groups is 1. The standard InChI is InChI=1S/C23H34N4O2/c28-23(19-5-1-2-7-21(19)26-9-11-29-12-10-26)25-16-22-18-13-17(14-24-15-18)20-6-3-4-8-27(20)22/h1-2,5,7,17-18,20,22,24H,3-4,6,8-16H2,(H,25,28)/t17-,18+,20+,22+/m1/s1. The van der Waals surface area contributed by atoms with Crippen molar-refractivity contribution in [1.82, 2.24) is 15.5 Å². The summed E-state index contributed by atoms with van der Waals surface area (Å²) in [5.41, 5.74) is 1.83. The molecule has 6 nitrogen and oxygen atoms in total. The summed E-state index contributed by atoms with van der Waals surface area (Å²) in [6, 6.07) is 9.18. The van der Waals surface area contributed by atoms with Crippen LogP contribution >= 0.6 is 0 Å². The number of amides is 1. The molecule has 0 unspecified atom stereocenters. The van der Waals surface area contributed by atoms with Gasteiger partial charge >= 0.3 is 0 Å². The highest BCUT2D eigenvalue weighted by atomic mass is 16.5. The maximum absolute atomic E-state index is 13.2. The first-order valence-corrected chi connectivity index (χ1v) is 11.5. The predicted molar refractivity (Wildman–Crippen MR) is 114 cm³/mol. The van der Waals surface area contributed by atoms with Crippen molar-refractivity contribution in [3.05, 3.63) is 29.8 Å². The largest absolute Gasteiger partial charge is 0.378 e. The van der Waals surface area contributed by atoms with Crippen LogP contribution < -0.4 is 15.5 Å². The lowest BCUT2D eigenvalue weighted by Gasteiger charge is -2.55. The maximum Gasteiger partial charge on any atom is 0.253 e. The first-order valence-electron chi connectivity index (χ1n) is 11.5. The Balaban J connectivity index is 1.29. The molecule has 4 aliphatic heterocycles. The minimum absolute atomic E-state index is 0.0616. The topological polar surface area (TPSA) is 56.8 Å². The Morgan fingerprint density at radius 3 is 2.83 bits per heavy atom. The summed E-state index contributed by atoms with van der Waals surface area (Å²) in [6.45, 7) is 7.35. The highest BCUT2D eigenvalue weighted by Gasteiger charge is 2.45. The molecule has 1 amide bonds. The number of ether oxygens (including phenoxy) is 1. The van der Waals surface area contributed by atoms with Crippen molar-refractivity contribution in [3.8, 4) is 0 Å². The van der Waals surface area contributed by atoms with E-state index in [2.05, 4.69) is 26.5 Å². The van der Waals surface area contributed by atoms with E-state index in [1.807, 2.05) is 18.2 Å². The van der Waals surface area contributed by atoms with Crippen LogP contribution in [0.4, 0.5) is 5.69 Å². The van der Waals surface area contributed by atoms with Crippen molar-refractivity contribution in [3.63, 3.8) is 0 Å². The van der Waals surface area contributed by atoms with Gasteiger partial charge in [-0.05, 0) is 62.9 Å². The van der Waals surface area contributed by atoms with E-state index < -0.39 is 0 Å². The Hall–Kier alpha value is -1.63. The van der Waals surface area contributed by atoms with Crippen molar-refractivity contribution in [1.29, 1.82) is 0 Å². The average molecular weight is 399 g/mol. The molecule has 0 saturated carbocycles. The first-order chi connectivity index (χ1) is 14.3. The number of fused-ring (bicyclic) bond motifs is 4. The molecule has 1 aromatic carbocycles. The third kappa shape index (κ3) is 3.90. The summed E-state index contributed by atoms with van der Waals surface area (Å²) < 4.78 is 5.48. The Morgan fingerprint density at radius 1 is 1.10 bits per heavy atom. The average Bonchev–Trinajstić information content (AvgIpc) is 2.80. The highest BCUT2D eigenvalue weighted by molar-refractivity contribution is 5.99. The first kappa shape index (κ1) is 19.3. The lowest BCUT2D eigenvalue weighted by Crippen LogP contribution is -2.65. The molecule has 6 heteroatoms. The van der Waals surface area contributed by atoms with Crippen LogP contribution in [-0.2, 0) is 4.74 Å². The number of hydrogen-bond acceptors (Lipinski definition) is 5. The number of morpholine rings is 1. The number of para-hydroxylation sites is 1. The molecule has 4 aliphatic rings. The third-order valence-electron chi connectivity index (χ3n) is 7.50. The van der Waals surface area contributed by atoms with E-state index in [1.165, 1.54) is 38.8 Å². The number of rotatable bonds is 4. The van der Waals surface area contributed by atoms with Crippen LogP contribution in [0.15, 0.2) is 24.3 Å². The van der Waals surface area contributed by atoms with Crippen LogP contribution in [0.25, 0.3) is 0 Å². The van der Waals surface area contributed by atoms with E-state index >= 15 is 0 Å². The minimum Gasteiger partial charge on any atom is -0.378 e. The van der Waals surface area contributed by atoms with Crippen molar-refractivity contribution in [2.75, 3.05) is 57.4 Å². The van der Waals surface area contributed by atoms with Crippen molar-refractivity contribution < 1.29 is 9.53 Å². The van der Waals surface area contributed by atoms with E-state index in [1.54, 1.807) is 0 Å². The normalized spacial score (nSPS) is 32.5. The number of hydrogen-bond donors (Lipinski definition) is 2. The Morgan fingerprint density at radius 2 is 1.93 bits per heavy atom. The van der Waals surface area contributed by atoms with Gasteiger partial charge in [-0.15, -0.1) is 0 Å². The smallest absolute Gasteiger partial charge is 0.253 e.